The number of pyridine rings is 1. The number of hydrogen-bond acceptors (Lipinski definition) is 4. The van der Waals surface area contributed by atoms with Gasteiger partial charge in [-0.2, -0.15) is 8.78 Å². The Hall–Kier alpha value is -2.28. The lowest BCUT2D eigenvalue weighted by molar-refractivity contribution is -0.0496. The second-order valence-electron chi connectivity index (χ2n) is 5.68. The molecular formula is C16H15ClF2N4O. The number of alkyl halides is 2. The molecule has 3 rings (SSSR count). The number of H-pyrrole nitrogens is 1. The number of ether oxygens (including phenoxy) is 1. The average Bonchev–Trinajstić information content (AvgIpc) is 3.03. The highest BCUT2D eigenvalue weighted by atomic mass is 35.5. The molecule has 0 aliphatic heterocycles. The van der Waals surface area contributed by atoms with Gasteiger partial charge in [-0.15, -0.1) is 5.10 Å². The van der Waals surface area contributed by atoms with Crippen LogP contribution in [-0.2, 0) is 0 Å². The standard InChI is InChI=1S/C16H15ClF2N4O/c1-8(2)14(12-7-20-23-22-12)11-4-3-9-10(21-11)5-6-13(15(9)17)24-16(18)19/h3-8,14,16H,1-2H3,(H,20,22,23). The molecule has 3 aromatic rings. The van der Waals surface area contributed by atoms with Crippen LogP contribution in [0.25, 0.3) is 10.9 Å². The minimum atomic E-state index is -2.93. The molecule has 126 valence electrons. The van der Waals surface area contributed by atoms with Crippen LogP contribution in [0.15, 0.2) is 30.5 Å². The van der Waals surface area contributed by atoms with Crippen LogP contribution in [0.2, 0.25) is 5.02 Å². The van der Waals surface area contributed by atoms with Gasteiger partial charge in [0.15, 0.2) is 0 Å². The fourth-order valence-electron chi connectivity index (χ4n) is 2.72. The van der Waals surface area contributed by atoms with E-state index in [-0.39, 0.29) is 22.6 Å². The van der Waals surface area contributed by atoms with Crippen molar-refractivity contribution < 1.29 is 13.5 Å². The van der Waals surface area contributed by atoms with Gasteiger partial charge in [-0.05, 0) is 30.2 Å². The van der Waals surface area contributed by atoms with Gasteiger partial charge in [-0.3, -0.25) is 10.1 Å². The number of nitrogens with one attached hydrogen (secondary N) is 1. The van der Waals surface area contributed by atoms with Crippen molar-refractivity contribution in [2.45, 2.75) is 26.4 Å². The number of rotatable bonds is 5. The molecule has 0 spiro atoms. The van der Waals surface area contributed by atoms with E-state index in [1.165, 1.54) is 6.07 Å². The van der Waals surface area contributed by atoms with Crippen LogP contribution in [0, 0.1) is 5.92 Å². The fraction of sp³-hybridized carbons (Fsp3) is 0.312. The normalized spacial score (nSPS) is 13.0. The summed E-state index contributed by atoms with van der Waals surface area (Å²) in [4.78, 5) is 4.62. The highest BCUT2D eigenvalue weighted by molar-refractivity contribution is 6.36. The van der Waals surface area contributed by atoms with Crippen LogP contribution in [0.1, 0.15) is 31.2 Å². The van der Waals surface area contributed by atoms with Gasteiger partial charge in [0, 0.05) is 17.5 Å². The molecule has 0 bridgehead atoms. The summed E-state index contributed by atoms with van der Waals surface area (Å²) in [7, 11) is 0. The number of fused-ring (bicyclic) bond motifs is 1. The molecule has 1 N–H and O–H groups in total. The topological polar surface area (TPSA) is 63.7 Å². The molecule has 0 aliphatic carbocycles. The second kappa shape index (κ2) is 6.68. The van der Waals surface area contributed by atoms with Crippen LogP contribution < -0.4 is 4.74 Å². The maximum absolute atomic E-state index is 12.4. The van der Waals surface area contributed by atoms with E-state index in [2.05, 4.69) is 39.0 Å². The summed E-state index contributed by atoms with van der Waals surface area (Å²) in [6, 6.07) is 6.59. The van der Waals surface area contributed by atoms with E-state index in [1.807, 2.05) is 6.07 Å². The predicted octanol–water partition coefficient (Wildman–Crippen LogP) is 4.40. The lowest BCUT2D eigenvalue weighted by Gasteiger charge is -2.18. The molecule has 0 fully saturated rings. The van der Waals surface area contributed by atoms with Crippen LogP contribution >= 0.6 is 11.6 Å². The molecule has 0 amide bonds. The Balaban J connectivity index is 2.05. The molecule has 1 unspecified atom stereocenters. The van der Waals surface area contributed by atoms with Gasteiger partial charge in [-0.25, -0.2) is 0 Å². The molecule has 8 heteroatoms. The smallest absolute Gasteiger partial charge is 0.387 e. The van der Waals surface area contributed by atoms with E-state index in [0.717, 1.165) is 11.4 Å². The summed E-state index contributed by atoms with van der Waals surface area (Å²) in [5.41, 5.74) is 2.21. The minimum Gasteiger partial charge on any atom is -0.433 e. The molecule has 2 aromatic heterocycles. The molecule has 0 aliphatic rings. The second-order valence-corrected chi connectivity index (χ2v) is 6.06. The maximum atomic E-state index is 12.4. The largest absolute Gasteiger partial charge is 0.433 e. The van der Waals surface area contributed by atoms with Crippen molar-refractivity contribution in [2.24, 2.45) is 5.92 Å². The van der Waals surface area contributed by atoms with Crippen molar-refractivity contribution >= 4 is 22.5 Å². The fourth-order valence-corrected chi connectivity index (χ4v) is 2.99. The Kier molecular flexibility index (Phi) is 4.62. The van der Waals surface area contributed by atoms with Crippen LogP contribution in [0.5, 0.6) is 5.75 Å². The number of benzene rings is 1. The van der Waals surface area contributed by atoms with Crippen molar-refractivity contribution in [1.82, 2.24) is 20.4 Å². The zero-order valence-corrected chi connectivity index (χ0v) is 13.8. The molecule has 2 heterocycles. The number of aromatic nitrogens is 4. The van der Waals surface area contributed by atoms with E-state index >= 15 is 0 Å². The molecule has 24 heavy (non-hydrogen) atoms. The Labute approximate surface area is 142 Å². The Morgan fingerprint density at radius 1 is 1.12 bits per heavy atom. The minimum absolute atomic E-state index is 0.0380. The third-order valence-electron chi connectivity index (χ3n) is 3.75. The van der Waals surface area contributed by atoms with Gasteiger partial charge in [0.25, 0.3) is 0 Å². The summed E-state index contributed by atoms with van der Waals surface area (Å²) in [6.07, 6.45) is 1.74. The maximum Gasteiger partial charge on any atom is 0.387 e. The first kappa shape index (κ1) is 16.6. The first-order valence-corrected chi connectivity index (χ1v) is 7.75. The lowest BCUT2D eigenvalue weighted by Crippen LogP contribution is -2.11. The van der Waals surface area contributed by atoms with Crippen molar-refractivity contribution in [3.8, 4) is 5.75 Å². The van der Waals surface area contributed by atoms with Crippen molar-refractivity contribution in [3.63, 3.8) is 0 Å². The zero-order chi connectivity index (χ0) is 17.3. The van der Waals surface area contributed by atoms with Crippen molar-refractivity contribution in [3.05, 3.63) is 46.9 Å². The SMILES string of the molecule is CC(C)C(c1c[nH]nn1)c1ccc2c(Cl)c(OC(F)F)ccc2n1. The van der Waals surface area contributed by atoms with Crippen molar-refractivity contribution in [1.29, 1.82) is 0 Å². The van der Waals surface area contributed by atoms with E-state index in [1.54, 1.807) is 18.3 Å². The highest BCUT2D eigenvalue weighted by Crippen LogP contribution is 2.35. The Morgan fingerprint density at radius 3 is 2.54 bits per heavy atom. The van der Waals surface area contributed by atoms with E-state index in [9.17, 15) is 8.78 Å². The number of nitrogens with zero attached hydrogens (tertiary/aromatic N) is 3. The molecule has 5 nitrogen and oxygen atoms in total. The summed E-state index contributed by atoms with van der Waals surface area (Å²) < 4.78 is 29.2. The zero-order valence-electron chi connectivity index (χ0n) is 13.0. The first-order valence-electron chi connectivity index (χ1n) is 7.37. The number of aromatic amines is 1. The summed E-state index contributed by atoms with van der Waals surface area (Å²) in [5, 5.41) is 11.2. The van der Waals surface area contributed by atoms with Crippen LogP contribution in [-0.4, -0.2) is 27.0 Å². The van der Waals surface area contributed by atoms with Gasteiger partial charge in [0.2, 0.25) is 0 Å². The van der Waals surface area contributed by atoms with Gasteiger partial charge in [0.1, 0.15) is 5.75 Å². The van der Waals surface area contributed by atoms with E-state index < -0.39 is 6.61 Å². The molecule has 0 saturated carbocycles. The van der Waals surface area contributed by atoms with Gasteiger partial charge in [-0.1, -0.05) is 30.7 Å². The highest BCUT2D eigenvalue weighted by Gasteiger charge is 2.23. The van der Waals surface area contributed by atoms with Gasteiger partial charge >= 0.3 is 6.61 Å². The Bertz CT molecular complexity index is 839. The summed E-state index contributed by atoms with van der Waals surface area (Å²) in [5.74, 6) is 0.145. The van der Waals surface area contributed by atoms with Crippen LogP contribution in [0.3, 0.4) is 0 Å². The molecule has 1 aromatic carbocycles. The monoisotopic (exact) mass is 352 g/mol. The van der Waals surface area contributed by atoms with Crippen molar-refractivity contribution in [2.75, 3.05) is 0 Å². The molecular weight excluding hydrogens is 338 g/mol. The summed E-state index contributed by atoms with van der Waals surface area (Å²) >= 11 is 6.15. The first-order chi connectivity index (χ1) is 11.5. The predicted molar refractivity (Wildman–Crippen MR) is 86.4 cm³/mol. The van der Waals surface area contributed by atoms with E-state index in [4.69, 9.17) is 11.6 Å². The molecule has 0 saturated heterocycles. The third-order valence-corrected chi connectivity index (χ3v) is 4.14. The Morgan fingerprint density at radius 2 is 1.92 bits per heavy atom. The lowest BCUT2D eigenvalue weighted by atomic mass is 9.89. The van der Waals surface area contributed by atoms with Gasteiger partial charge < -0.3 is 4.74 Å². The van der Waals surface area contributed by atoms with Gasteiger partial charge in [0.05, 0.1) is 21.9 Å². The average molecular weight is 353 g/mol. The van der Waals surface area contributed by atoms with E-state index in [0.29, 0.717) is 10.9 Å². The van der Waals surface area contributed by atoms with Crippen LogP contribution in [0.4, 0.5) is 8.78 Å². The molecule has 1 atom stereocenters. The summed E-state index contributed by atoms with van der Waals surface area (Å²) in [6.45, 7) is 1.21. The third kappa shape index (κ3) is 3.17. The number of hydrogen-bond donors (Lipinski definition) is 1. The molecule has 0 radical (unpaired) electrons. The number of halogens is 3. The quantitative estimate of drug-likeness (QED) is 0.739.